The average molecular weight is 367 g/mol. The molecule has 0 radical (unpaired) electrons. The van der Waals surface area contributed by atoms with Gasteiger partial charge in [0.1, 0.15) is 6.10 Å². The summed E-state index contributed by atoms with van der Waals surface area (Å²) >= 11 is 0. The lowest BCUT2D eigenvalue weighted by molar-refractivity contribution is -0.151. The van der Waals surface area contributed by atoms with Gasteiger partial charge >= 0.3 is 5.97 Å². The highest BCUT2D eigenvalue weighted by molar-refractivity contribution is 5.82. The van der Waals surface area contributed by atoms with Crippen molar-refractivity contribution in [3.8, 4) is 0 Å². The van der Waals surface area contributed by atoms with Gasteiger partial charge in [0.25, 0.3) is 0 Å². The average Bonchev–Trinajstić information content (AvgIpc) is 2.56. The maximum atomic E-state index is 12.1. The van der Waals surface area contributed by atoms with E-state index in [2.05, 4.69) is 34.6 Å². The number of carbonyl (C=O) groups excluding carboxylic acids is 1. The fraction of sp³-hybridized carbons (Fsp3) is 0.864. The van der Waals surface area contributed by atoms with Crippen LogP contribution in [0.3, 0.4) is 0 Å². The minimum absolute atomic E-state index is 0.0153. The molecule has 0 spiro atoms. The maximum absolute atomic E-state index is 12.1. The first kappa shape index (κ1) is 21.4. The fourth-order valence-electron chi connectivity index (χ4n) is 4.49. The Bertz CT molecular complexity index is 473. The Morgan fingerprint density at radius 3 is 2.27 bits per heavy atom. The molecule has 2 rings (SSSR count). The van der Waals surface area contributed by atoms with Crippen molar-refractivity contribution in [2.45, 2.75) is 91.6 Å². The van der Waals surface area contributed by atoms with Crippen LogP contribution >= 0.6 is 0 Å². The number of ether oxygens (including phenoxy) is 2. The molecule has 26 heavy (non-hydrogen) atoms. The van der Waals surface area contributed by atoms with Gasteiger partial charge in [0.2, 0.25) is 0 Å². The largest absolute Gasteiger partial charge is 0.459 e. The molecule has 2 aliphatic rings. The summed E-state index contributed by atoms with van der Waals surface area (Å²) in [5, 5.41) is 10.2. The summed E-state index contributed by atoms with van der Waals surface area (Å²) in [6.07, 6.45) is 8.29. The predicted octanol–water partition coefficient (Wildman–Crippen LogP) is 4.71. The standard InChI is InChI=1S/C22H38O4/c1-14(2)18-9-7-16(4)13-20(18)26-22(24)11-10-21(23)25-19-12-15(3)6-8-17(19)5/h10-11,14-20,22,24H,6-9,12-13H2,1-5H3/b11-10+/t15-,16-,17-,18+,19?,20-,22?/m1/s1. The number of hydrogen-bond donors (Lipinski definition) is 1. The van der Waals surface area contributed by atoms with Gasteiger partial charge < -0.3 is 14.6 Å². The molecule has 0 amide bonds. The molecule has 0 aromatic carbocycles. The monoisotopic (exact) mass is 366 g/mol. The minimum atomic E-state index is -1.05. The van der Waals surface area contributed by atoms with Crippen LogP contribution in [0.2, 0.25) is 0 Å². The highest BCUT2D eigenvalue weighted by Gasteiger charge is 2.32. The molecule has 150 valence electrons. The third-order valence-corrected chi connectivity index (χ3v) is 6.32. The van der Waals surface area contributed by atoms with Gasteiger partial charge in [0, 0.05) is 6.08 Å². The molecule has 0 aromatic heterocycles. The molecule has 0 heterocycles. The Morgan fingerprint density at radius 1 is 1.00 bits per heavy atom. The van der Waals surface area contributed by atoms with Gasteiger partial charge in [0.05, 0.1) is 6.10 Å². The molecule has 0 aromatic rings. The van der Waals surface area contributed by atoms with E-state index in [4.69, 9.17) is 9.47 Å². The van der Waals surface area contributed by atoms with Crippen LogP contribution in [0.1, 0.15) is 73.1 Å². The third-order valence-electron chi connectivity index (χ3n) is 6.32. The van der Waals surface area contributed by atoms with Crippen molar-refractivity contribution in [2.75, 3.05) is 0 Å². The number of aliphatic hydroxyl groups is 1. The molecule has 7 atom stereocenters. The molecule has 4 heteroatoms. The highest BCUT2D eigenvalue weighted by atomic mass is 16.6. The van der Waals surface area contributed by atoms with E-state index in [0.717, 1.165) is 25.7 Å². The summed E-state index contributed by atoms with van der Waals surface area (Å²) in [6.45, 7) is 11.0. The van der Waals surface area contributed by atoms with Crippen molar-refractivity contribution in [1.29, 1.82) is 0 Å². The first-order valence-corrected chi connectivity index (χ1v) is 10.5. The SMILES string of the molecule is CC(C)[C@@H]1CC[C@@H](C)C[C@H]1OC(O)/C=C/C(=O)OC1C[C@H](C)CC[C@H]1C. The number of esters is 1. The lowest BCUT2D eigenvalue weighted by atomic mass is 9.75. The molecule has 0 aliphatic heterocycles. The molecule has 0 bridgehead atoms. The normalized spacial score (nSPS) is 37.0. The van der Waals surface area contributed by atoms with Crippen LogP contribution in [0, 0.1) is 29.6 Å². The zero-order valence-corrected chi connectivity index (χ0v) is 17.2. The maximum Gasteiger partial charge on any atom is 0.330 e. The summed E-state index contributed by atoms with van der Waals surface area (Å²) in [4.78, 5) is 12.1. The van der Waals surface area contributed by atoms with Crippen LogP contribution in [0.5, 0.6) is 0 Å². The number of aliphatic hydroxyl groups excluding tert-OH is 1. The summed E-state index contributed by atoms with van der Waals surface area (Å²) in [7, 11) is 0. The second kappa shape index (κ2) is 9.89. The molecule has 0 saturated heterocycles. The smallest absolute Gasteiger partial charge is 0.330 e. The zero-order chi connectivity index (χ0) is 19.3. The van der Waals surface area contributed by atoms with E-state index < -0.39 is 6.29 Å². The lowest BCUT2D eigenvalue weighted by Gasteiger charge is -2.37. The van der Waals surface area contributed by atoms with Crippen LogP contribution in [-0.4, -0.2) is 29.6 Å². The van der Waals surface area contributed by atoms with E-state index in [9.17, 15) is 9.90 Å². The van der Waals surface area contributed by atoms with Gasteiger partial charge in [-0.25, -0.2) is 4.79 Å². The summed E-state index contributed by atoms with van der Waals surface area (Å²) in [6, 6.07) is 0. The molecular formula is C22H38O4. The van der Waals surface area contributed by atoms with Crippen molar-refractivity contribution in [3.63, 3.8) is 0 Å². The van der Waals surface area contributed by atoms with Crippen molar-refractivity contribution in [2.24, 2.45) is 29.6 Å². The van der Waals surface area contributed by atoms with Gasteiger partial charge in [-0.15, -0.1) is 0 Å². The topological polar surface area (TPSA) is 55.8 Å². The Morgan fingerprint density at radius 2 is 1.62 bits per heavy atom. The van der Waals surface area contributed by atoms with Crippen molar-refractivity contribution < 1.29 is 19.4 Å². The highest BCUT2D eigenvalue weighted by Crippen LogP contribution is 2.36. The van der Waals surface area contributed by atoms with Gasteiger partial charge in [-0.05, 0) is 61.3 Å². The summed E-state index contributed by atoms with van der Waals surface area (Å²) in [5.74, 6) is 2.24. The van der Waals surface area contributed by atoms with Crippen LogP contribution < -0.4 is 0 Å². The Labute approximate surface area is 159 Å². The number of hydrogen-bond acceptors (Lipinski definition) is 4. The van der Waals surface area contributed by atoms with Crippen molar-refractivity contribution in [3.05, 3.63) is 12.2 Å². The van der Waals surface area contributed by atoms with E-state index in [0.29, 0.717) is 29.6 Å². The van der Waals surface area contributed by atoms with Crippen LogP contribution in [0.25, 0.3) is 0 Å². The number of carbonyl (C=O) groups is 1. The van der Waals surface area contributed by atoms with Gasteiger partial charge in [-0.3, -0.25) is 0 Å². The van der Waals surface area contributed by atoms with E-state index in [1.54, 1.807) is 0 Å². The Hall–Kier alpha value is -0.870. The Balaban J connectivity index is 1.83. The van der Waals surface area contributed by atoms with Crippen LogP contribution in [0.4, 0.5) is 0 Å². The van der Waals surface area contributed by atoms with Gasteiger partial charge in [-0.2, -0.15) is 0 Å². The molecule has 1 N–H and O–H groups in total. The van der Waals surface area contributed by atoms with Crippen molar-refractivity contribution >= 4 is 5.97 Å². The van der Waals surface area contributed by atoms with Crippen LogP contribution in [-0.2, 0) is 14.3 Å². The molecule has 4 nitrogen and oxygen atoms in total. The molecule has 2 fully saturated rings. The summed E-state index contributed by atoms with van der Waals surface area (Å²) < 4.78 is 11.5. The Kier molecular flexibility index (Phi) is 8.15. The van der Waals surface area contributed by atoms with E-state index in [1.165, 1.54) is 25.0 Å². The first-order chi connectivity index (χ1) is 12.3. The van der Waals surface area contributed by atoms with E-state index >= 15 is 0 Å². The second-order valence-corrected chi connectivity index (χ2v) is 9.12. The van der Waals surface area contributed by atoms with Crippen molar-refractivity contribution in [1.82, 2.24) is 0 Å². The molecule has 2 saturated carbocycles. The van der Waals surface area contributed by atoms with E-state index in [1.807, 2.05) is 0 Å². The predicted molar refractivity (Wildman–Crippen MR) is 103 cm³/mol. The second-order valence-electron chi connectivity index (χ2n) is 9.12. The zero-order valence-electron chi connectivity index (χ0n) is 17.2. The third kappa shape index (κ3) is 6.38. The van der Waals surface area contributed by atoms with Gasteiger partial charge in [0.15, 0.2) is 6.29 Å². The number of rotatable bonds is 6. The molecule has 2 aliphatic carbocycles. The lowest BCUT2D eigenvalue weighted by Crippen LogP contribution is -2.36. The molecule has 2 unspecified atom stereocenters. The first-order valence-electron chi connectivity index (χ1n) is 10.5. The van der Waals surface area contributed by atoms with Crippen LogP contribution in [0.15, 0.2) is 12.2 Å². The quantitative estimate of drug-likeness (QED) is 0.420. The fourth-order valence-corrected chi connectivity index (χ4v) is 4.49. The summed E-state index contributed by atoms with van der Waals surface area (Å²) in [5.41, 5.74) is 0. The van der Waals surface area contributed by atoms with E-state index in [-0.39, 0.29) is 18.2 Å². The van der Waals surface area contributed by atoms with Gasteiger partial charge in [-0.1, -0.05) is 47.5 Å². The molecular weight excluding hydrogens is 328 g/mol. The minimum Gasteiger partial charge on any atom is -0.459 e.